The van der Waals surface area contributed by atoms with Gasteiger partial charge in [0.1, 0.15) is 5.82 Å². The second kappa shape index (κ2) is 1.83. The summed E-state index contributed by atoms with van der Waals surface area (Å²) in [6.45, 7) is 0. The first-order valence-electron chi connectivity index (χ1n) is 3.15. The van der Waals surface area contributed by atoms with Crippen molar-refractivity contribution in [3.05, 3.63) is 17.0 Å². The molecule has 0 unspecified atom stereocenters. The fourth-order valence-electron chi connectivity index (χ4n) is 1.04. The van der Waals surface area contributed by atoms with E-state index in [4.69, 9.17) is 0 Å². The number of nitrogens with zero attached hydrogens (tertiary/aromatic N) is 3. The highest BCUT2D eigenvalue weighted by atomic mass is 16.5. The molecule has 0 aromatic carbocycles. The lowest BCUT2D eigenvalue weighted by molar-refractivity contribution is 0.883. The van der Waals surface area contributed by atoms with Crippen LogP contribution in [0.25, 0.3) is 0 Å². The summed E-state index contributed by atoms with van der Waals surface area (Å²) >= 11 is 0. The highest BCUT2D eigenvalue weighted by molar-refractivity contribution is 5.66. The molecule has 0 atom stereocenters. The first kappa shape index (κ1) is 5.46. The molecular weight excluding hydrogens is 130 g/mol. The zero-order valence-corrected chi connectivity index (χ0v) is 5.32. The summed E-state index contributed by atoms with van der Waals surface area (Å²) in [4.78, 5) is 4.48. The predicted octanol–water partition coefficient (Wildman–Crippen LogP) is 0.877. The van der Waals surface area contributed by atoms with E-state index in [2.05, 4.69) is 10.1 Å². The highest BCUT2D eigenvalue weighted by Gasteiger charge is 2.07. The van der Waals surface area contributed by atoms with Crippen molar-refractivity contribution < 1.29 is 0 Å². The van der Waals surface area contributed by atoms with E-state index in [1.807, 2.05) is 0 Å². The summed E-state index contributed by atoms with van der Waals surface area (Å²) < 4.78 is 0. The Balaban J connectivity index is 2.57. The Morgan fingerprint density at radius 1 is 1.60 bits per heavy atom. The number of aliphatic imine (C=N–C) groups is 1. The van der Waals surface area contributed by atoms with Gasteiger partial charge in [-0.05, 0) is 12.8 Å². The van der Waals surface area contributed by atoms with Crippen LogP contribution in [0, 0.1) is 5.21 Å². The molecule has 4 nitrogen and oxygen atoms in total. The summed E-state index contributed by atoms with van der Waals surface area (Å²) in [5.74, 6) is 0.464. The van der Waals surface area contributed by atoms with Crippen LogP contribution in [0.3, 0.4) is 0 Å². The van der Waals surface area contributed by atoms with Crippen LogP contribution in [0.1, 0.15) is 12.0 Å². The Bertz CT molecular complexity index is 277. The van der Waals surface area contributed by atoms with E-state index in [0.29, 0.717) is 10.7 Å². The van der Waals surface area contributed by atoms with Gasteiger partial charge in [-0.1, -0.05) is 0 Å². The van der Waals surface area contributed by atoms with Crippen LogP contribution in [0.5, 0.6) is 0 Å². The molecule has 0 bridgehead atoms. The maximum absolute atomic E-state index is 10.8. The smallest absolute Gasteiger partial charge is 0.149 e. The minimum atomic E-state index is 0.464. The standard InChI is InChI=1S/C6H6N3O/c10-9-6-5(4-8-9)2-1-3-7-6/h3-4H,1-2H2/q-1. The molecule has 52 valence electrons. The first-order valence-corrected chi connectivity index (χ1v) is 3.15. The van der Waals surface area contributed by atoms with E-state index in [0.717, 1.165) is 18.4 Å². The molecule has 0 radical (unpaired) electrons. The van der Waals surface area contributed by atoms with E-state index in [9.17, 15) is 5.21 Å². The second-order valence-corrected chi connectivity index (χ2v) is 2.22. The average molecular weight is 136 g/mol. The highest BCUT2D eigenvalue weighted by Crippen LogP contribution is 2.21. The number of aryl methyl sites for hydroxylation is 1. The molecule has 0 spiro atoms. The normalized spacial score (nSPS) is 15.2. The van der Waals surface area contributed by atoms with Crippen LogP contribution in [0.4, 0.5) is 5.82 Å². The van der Waals surface area contributed by atoms with Gasteiger partial charge in [0.2, 0.25) is 0 Å². The lowest BCUT2D eigenvalue weighted by Crippen LogP contribution is -1.93. The van der Waals surface area contributed by atoms with Crippen LogP contribution in [0.15, 0.2) is 11.2 Å². The number of fused-ring (bicyclic) bond motifs is 1. The number of rotatable bonds is 0. The summed E-state index contributed by atoms with van der Waals surface area (Å²) in [5, 5.41) is 14.3. The summed E-state index contributed by atoms with van der Waals surface area (Å²) in [7, 11) is 0. The molecular formula is C6H6N3O-. The average Bonchev–Trinajstić information content (AvgIpc) is 2.34. The third kappa shape index (κ3) is 0.618. The van der Waals surface area contributed by atoms with Gasteiger partial charge in [-0.15, -0.1) is 0 Å². The van der Waals surface area contributed by atoms with Crippen LogP contribution >= 0.6 is 0 Å². The molecule has 1 aliphatic rings. The topological polar surface area (TPSA) is 53.2 Å². The molecule has 1 aliphatic heterocycles. The molecule has 2 heterocycles. The Morgan fingerprint density at radius 3 is 3.30 bits per heavy atom. The zero-order chi connectivity index (χ0) is 6.97. The fraction of sp³-hybridized carbons (Fsp3) is 0.333. The monoisotopic (exact) mass is 136 g/mol. The molecule has 1 aromatic rings. The van der Waals surface area contributed by atoms with E-state index in [-0.39, 0.29) is 0 Å². The minimum Gasteiger partial charge on any atom is -0.789 e. The Kier molecular flexibility index (Phi) is 1.00. The van der Waals surface area contributed by atoms with Crippen molar-refractivity contribution in [2.24, 2.45) is 4.99 Å². The second-order valence-electron chi connectivity index (χ2n) is 2.22. The van der Waals surface area contributed by atoms with Gasteiger partial charge in [-0.3, -0.25) is 4.85 Å². The Labute approximate surface area is 57.8 Å². The molecule has 0 saturated heterocycles. The first-order chi connectivity index (χ1) is 4.88. The quantitative estimate of drug-likeness (QED) is 0.531. The third-order valence-corrected chi connectivity index (χ3v) is 1.54. The number of aromatic nitrogens is 2. The van der Waals surface area contributed by atoms with E-state index >= 15 is 0 Å². The van der Waals surface area contributed by atoms with Crippen LogP contribution in [-0.2, 0) is 6.42 Å². The summed E-state index contributed by atoms with van der Waals surface area (Å²) in [5.41, 5.74) is 0.956. The lowest BCUT2D eigenvalue weighted by Gasteiger charge is -2.09. The van der Waals surface area contributed by atoms with Gasteiger partial charge < -0.3 is 5.21 Å². The van der Waals surface area contributed by atoms with E-state index < -0.39 is 0 Å². The van der Waals surface area contributed by atoms with Gasteiger partial charge in [0.25, 0.3) is 0 Å². The van der Waals surface area contributed by atoms with Gasteiger partial charge in [0.15, 0.2) is 0 Å². The minimum absolute atomic E-state index is 0.464. The van der Waals surface area contributed by atoms with E-state index in [1.165, 1.54) is 0 Å². The molecule has 0 aliphatic carbocycles. The Morgan fingerprint density at radius 2 is 2.50 bits per heavy atom. The molecule has 2 rings (SSSR count). The van der Waals surface area contributed by atoms with Crippen molar-refractivity contribution in [2.45, 2.75) is 12.8 Å². The lowest BCUT2D eigenvalue weighted by atomic mass is 10.1. The summed E-state index contributed by atoms with van der Waals surface area (Å²) in [6.07, 6.45) is 5.14. The molecule has 0 amide bonds. The van der Waals surface area contributed by atoms with Gasteiger partial charge in [0, 0.05) is 11.8 Å². The van der Waals surface area contributed by atoms with Crippen molar-refractivity contribution in [1.82, 2.24) is 9.94 Å². The third-order valence-electron chi connectivity index (χ3n) is 1.54. The van der Waals surface area contributed by atoms with Gasteiger partial charge >= 0.3 is 0 Å². The molecule has 4 heteroatoms. The van der Waals surface area contributed by atoms with Crippen molar-refractivity contribution in [2.75, 3.05) is 0 Å². The molecule has 10 heavy (non-hydrogen) atoms. The van der Waals surface area contributed by atoms with Gasteiger partial charge in [-0.2, -0.15) is 5.10 Å². The van der Waals surface area contributed by atoms with E-state index in [1.54, 1.807) is 12.4 Å². The van der Waals surface area contributed by atoms with Crippen molar-refractivity contribution in [3.8, 4) is 0 Å². The SMILES string of the molecule is [O-]n1ncc2c1N=CCC2. The van der Waals surface area contributed by atoms with Crippen LogP contribution < -0.4 is 0 Å². The Hall–Kier alpha value is -1.32. The van der Waals surface area contributed by atoms with Crippen molar-refractivity contribution >= 4 is 12.0 Å². The zero-order valence-electron chi connectivity index (χ0n) is 5.32. The van der Waals surface area contributed by atoms with Gasteiger partial charge in [-0.25, -0.2) is 4.99 Å². The molecule has 0 saturated carbocycles. The predicted molar refractivity (Wildman–Crippen MR) is 37.5 cm³/mol. The maximum atomic E-state index is 10.8. The molecule has 1 aromatic heterocycles. The fourth-order valence-corrected chi connectivity index (χ4v) is 1.04. The molecule has 0 fully saturated rings. The van der Waals surface area contributed by atoms with Crippen molar-refractivity contribution in [3.63, 3.8) is 0 Å². The van der Waals surface area contributed by atoms with Crippen LogP contribution in [0.2, 0.25) is 0 Å². The maximum Gasteiger partial charge on any atom is 0.149 e. The number of hydrogen-bond acceptors (Lipinski definition) is 3. The number of hydrogen-bond donors (Lipinski definition) is 0. The largest absolute Gasteiger partial charge is 0.789 e. The molecule has 0 N–H and O–H groups in total. The van der Waals surface area contributed by atoms with Gasteiger partial charge in [0.05, 0.1) is 6.20 Å². The van der Waals surface area contributed by atoms with Crippen molar-refractivity contribution in [1.29, 1.82) is 0 Å². The van der Waals surface area contributed by atoms with Crippen LogP contribution in [-0.4, -0.2) is 16.2 Å². The summed E-state index contributed by atoms with van der Waals surface area (Å²) in [6, 6.07) is 0.